The number of rotatable bonds is 5. The van der Waals surface area contributed by atoms with Crippen molar-refractivity contribution in [3.8, 4) is 0 Å². The molecule has 0 saturated heterocycles. The molecular formula is C17H30N2. The molecule has 1 aromatic carbocycles. The first-order valence-corrected chi connectivity index (χ1v) is 7.16. The first-order chi connectivity index (χ1) is 8.68. The summed E-state index contributed by atoms with van der Waals surface area (Å²) < 4.78 is 0. The van der Waals surface area contributed by atoms with Gasteiger partial charge >= 0.3 is 0 Å². The Labute approximate surface area is 119 Å². The quantitative estimate of drug-likeness (QED) is 0.878. The molecule has 0 aromatic heterocycles. The molecule has 1 unspecified atom stereocenters. The van der Waals surface area contributed by atoms with Gasteiger partial charge in [0, 0.05) is 12.6 Å². The number of benzene rings is 1. The van der Waals surface area contributed by atoms with Crippen molar-refractivity contribution in [1.82, 2.24) is 4.90 Å². The van der Waals surface area contributed by atoms with Gasteiger partial charge < -0.3 is 5.73 Å². The zero-order chi connectivity index (χ0) is 14.8. The number of hydrogen-bond donors (Lipinski definition) is 1. The molecular weight excluding hydrogens is 232 g/mol. The van der Waals surface area contributed by atoms with Gasteiger partial charge in [0.05, 0.1) is 0 Å². The van der Waals surface area contributed by atoms with Crippen LogP contribution in [0, 0.1) is 26.2 Å². The van der Waals surface area contributed by atoms with E-state index in [1.54, 1.807) is 0 Å². The van der Waals surface area contributed by atoms with Crippen LogP contribution in [0.3, 0.4) is 0 Å². The van der Waals surface area contributed by atoms with Crippen molar-refractivity contribution in [2.24, 2.45) is 11.1 Å². The first kappa shape index (κ1) is 16.2. The van der Waals surface area contributed by atoms with Gasteiger partial charge in [0.1, 0.15) is 0 Å². The average molecular weight is 262 g/mol. The van der Waals surface area contributed by atoms with Gasteiger partial charge in [0.25, 0.3) is 0 Å². The third-order valence-electron chi connectivity index (χ3n) is 4.05. The van der Waals surface area contributed by atoms with E-state index >= 15 is 0 Å². The number of nitrogens with zero attached hydrogens (tertiary/aromatic N) is 1. The lowest BCUT2D eigenvalue weighted by molar-refractivity contribution is 0.173. The third-order valence-corrected chi connectivity index (χ3v) is 4.05. The zero-order valence-electron chi connectivity index (χ0n) is 13.7. The molecule has 0 aliphatic carbocycles. The van der Waals surface area contributed by atoms with Crippen molar-refractivity contribution in [3.05, 3.63) is 34.4 Å². The molecule has 0 bridgehead atoms. The predicted octanol–water partition coefficient (Wildman–Crippen LogP) is 3.59. The molecule has 0 saturated carbocycles. The van der Waals surface area contributed by atoms with Gasteiger partial charge in [-0.25, -0.2) is 0 Å². The van der Waals surface area contributed by atoms with Crippen molar-refractivity contribution in [2.75, 3.05) is 20.1 Å². The fourth-order valence-corrected chi connectivity index (χ4v) is 2.95. The lowest BCUT2D eigenvalue weighted by Gasteiger charge is -2.34. The summed E-state index contributed by atoms with van der Waals surface area (Å²) in [6.07, 6.45) is 0. The zero-order valence-corrected chi connectivity index (χ0v) is 13.7. The van der Waals surface area contributed by atoms with E-state index in [2.05, 4.69) is 65.6 Å². The lowest BCUT2D eigenvalue weighted by atomic mass is 9.90. The molecule has 1 rings (SSSR count). The van der Waals surface area contributed by atoms with Crippen LogP contribution in [0.15, 0.2) is 12.1 Å². The smallest absolute Gasteiger partial charge is 0.0322 e. The second kappa shape index (κ2) is 6.06. The molecule has 0 radical (unpaired) electrons. The molecule has 2 nitrogen and oxygen atoms in total. The van der Waals surface area contributed by atoms with E-state index in [1.165, 1.54) is 22.3 Å². The second-order valence-electron chi connectivity index (χ2n) is 6.77. The van der Waals surface area contributed by atoms with Crippen molar-refractivity contribution in [3.63, 3.8) is 0 Å². The highest BCUT2D eigenvalue weighted by molar-refractivity contribution is 5.39. The Morgan fingerprint density at radius 2 is 1.63 bits per heavy atom. The number of nitrogens with two attached hydrogens (primary N) is 1. The van der Waals surface area contributed by atoms with Gasteiger partial charge in [-0.2, -0.15) is 0 Å². The van der Waals surface area contributed by atoms with E-state index in [0.717, 1.165) is 13.1 Å². The maximum atomic E-state index is 5.85. The maximum absolute atomic E-state index is 5.85. The summed E-state index contributed by atoms with van der Waals surface area (Å²) in [5.41, 5.74) is 11.6. The van der Waals surface area contributed by atoms with E-state index in [-0.39, 0.29) is 5.41 Å². The fourth-order valence-electron chi connectivity index (χ4n) is 2.95. The Hall–Kier alpha value is -0.860. The first-order valence-electron chi connectivity index (χ1n) is 7.16. The molecule has 0 spiro atoms. The van der Waals surface area contributed by atoms with Crippen LogP contribution in [-0.2, 0) is 0 Å². The monoisotopic (exact) mass is 262 g/mol. The molecule has 1 aromatic rings. The maximum Gasteiger partial charge on any atom is 0.0322 e. The largest absolute Gasteiger partial charge is 0.330 e. The lowest BCUT2D eigenvalue weighted by Crippen LogP contribution is -2.38. The summed E-state index contributed by atoms with van der Waals surface area (Å²) in [6.45, 7) is 15.1. The third kappa shape index (κ3) is 4.05. The Morgan fingerprint density at radius 3 is 2.05 bits per heavy atom. The molecule has 1 atom stereocenters. The van der Waals surface area contributed by atoms with E-state index in [0.29, 0.717) is 6.04 Å². The highest BCUT2D eigenvalue weighted by Crippen LogP contribution is 2.29. The summed E-state index contributed by atoms with van der Waals surface area (Å²) in [7, 11) is 2.20. The molecule has 0 aliphatic rings. The van der Waals surface area contributed by atoms with E-state index in [9.17, 15) is 0 Å². The van der Waals surface area contributed by atoms with Gasteiger partial charge in [-0.15, -0.1) is 0 Å². The summed E-state index contributed by atoms with van der Waals surface area (Å²) in [5.74, 6) is 0. The fraction of sp³-hybridized carbons (Fsp3) is 0.647. The van der Waals surface area contributed by atoms with Crippen LogP contribution in [0.25, 0.3) is 0 Å². The average Bonchev–Trinajstić information content (AvgIpc) is 2.26. The Morgan fingerprint density at radius 1 is 1.16 bits per heavy atom. The number of hydrogen-bond acceptors (Lipinski definition) is 2. The summed E-state index contributed by atoms with van der Waals surface area (Å²) in [4.78, 5) is 2.41. The van der Waals surface area contributed by atoms with Crippen molar-refractivity contribution >= 4 is 0 Å². The molecule has 19 heavy (non-hydrogen) atoms. The summed E-state index contributed by atoms with van der Waals surface area (Å²) in [5, 5.41) is 0. The van der Waals surface area contributed by atoms with Gasteiger partial charge in [-0.3, -0.25) is 4.90 Å². The highest BCUT2D eigenvalue weighted by atomic mass is 15.1. The predicted molar refractivity (Wildman–Crippen MR) is 84.5 cm³/mol. The molecule has 0 amide bonds. The van der Waals surface area contributed by atoms with Crippen molar-refractivity contribution in [2.45, 2.75) is 47.6 Å². The Balaban J connectivity index is 2.97. The normalized spacial score (nSPS) is 13.9. The van der Waals surface area contributed by atoms with Crippen LogP contribution < -0.4 is 5.73 Å². The van der Waals surface area contributed by atoms with Crippen LogP contribution in [0.1, 0.15) is 49.1 Å². The minimum absolute atomic E-state index is 0.162. The molecule has 0 aliphatic heterocycles. The summed E-state index contributed by atoms with van der Waals surface area (Å²) in [6, 6.07) is 4.98. The SMILES string of the molecule is Cc1cc(C)c(C(C)N(C)CC(C)(C)CN)c(C)c1. The van der Waals surface area contributed by atoms with E-state index in [1.807, 2.05) is 0 Å². The minimum Gasteiger partial charge on any atom is -0.330 e. The minimum atomic E-state index is 0.162. The molecule has 0 fully saturated rings. The molecule has 2 N–H and O–H groups in total. The second-order valence-corrected chi connectivity index (χ2v) is 6.77. The van der Waals surface area contributed by atoms with Gasteiger partial charge in [-0.05, 0) is 63.4 Å². The highest BCUT2D eigenvalue weighted by Gasteiger charge is 2.23. The van der Waals surface area contributed by atoms with Crippen molar-refractivity contribution < 1.29 is 0 Å². The van der Waals surface area contributed by atoms with Crippen LogP contribution >= 0.6 is 0 Å². The van der Waals surface area contributed by atoms with E-state index < -0.39 is 0 Å². The molecule has 108 valence electrons. The van der Waals surface area contributed by atoms with Crippen LogP contribution in [-0.4, -0.2) is 25.0 Å². The standard InChI is InChI=1S/C17H30N2/c1-12-8-13(2)16(14(3)9-12)15(4)19(7)11-17(5,6)10-18/h8-9,15H,10-11,18H2,1-7H3. The molecule has 2 heteroatoms. The van der Waals surface area contributed by atoms with Crippen molar-refractivity contribution in [1.29, 1.82) is 0 Å². The Bertz CT molecular complexity index is 412. The van der Waals surface area contributed by atoms with Gasteiger partial charge in [0.2, 0.25) is 0 Å². The van der Waals surface area contributed by atoms with Crippen LogP contribution in [0.2, 0.25) is 0 Å². The Kier molecular flexibility index (Phi) is 5.17. The van der Waals surface area contributed by atoms with Gasteiger partial charge in [-0.1, -0.05) is 31.5 Å². The number of aryl methyl sites for hydroxylation is 3. The topological polar surface area (TPSA) is 29.3 Å². The summed E-state index contributed by atoms with van der Waals surface area (Å²) >= 11 is 0. The van der Waals surface area contributed by atoms with Crippen LogP contribution in [0.4, 0.5) is 0 Å². The van der Waals surface area contributed by atoms with Gasteiger partial charge in [0.15, 0.2) is 0 Å². The van der Waals surface area contributed by atoms with E-state index in [4.69, 9.17) is 5.73 Å². The molecule has 0 heterocycles. The van der Waals surface area contributed by atoms with Crippen LogP contribution in [0.5, 0.6) is 0 Å².